The van der Waals surface area contributed by atoms with Crippen LogP contribution in [0.25, 0.3) is 11.3 Å². The lowest BCUT2D eigenvalue weighted by atomic mass is 10.2. The molecule has 9 heteroatoms. The van der Waals surface area contributed by atoms with E-state index in [2.05, 4.69) is 20.6 Å². The predicted molar refractivity (Wildman–Crippen MR) is 96.6 cm³/mol. The van der Waals surface area contributed by atoms with Gasteiger partial charge in [0.05, 0.1) is 17.0 Å². The minimum Gasteiger partial charge on any atom is -0.338 e. The van der Waals surface area contributed by atoms with E-state index in [4.69, 9.17) is 4.52 Å². The van der Waals surface area contributed by atoms with E-state index < -0.39 is 11.9 Å². The Hall–Kier alpha value is -2.94. The molecule has 1 aliphatic heterocycles. The van der Waals surface area contributed by atoms with Gasteiger partial charge in [0.2, 0.25) is 5.88 Å². The molecule has 3 aromatic rings. The topological polar surface area (TPSA) is 103 Å². The third-order valence-corrected chi connectivity index (χ3v) is 5.09. The fourth-order valence-electron chi connectivity index (χ4n) is 2.65. The first-order chi connectivity index (χ1) is 12.6. The second-order valence-corrected chi connectivity index (χ2v) is 6.82. The van der Waals surface area contributed by atoms with Crippen LogP contribution in [-0.2, 0) is 16.3 Å². The molecule has 0 radical (unpaired) electrons. The highest BCUT2D eigenvalue weighted by Gasteiger charge is 2.25. The van der Waals surface area contributed by atoms with Crippen LogP contribution in [0, 0.1) is 0 Å². The number of anilines is 1. The third-order valence-electron chi connectivity index (χ3n) is 4.12. The fourth-order valence-corrected chi connectivity index (χ4v) is 3.67. The molecule has 3 aromatic heterocycles. The van der Waals surface area contributed by atoms with Crippen molar-refractivity contribution in [3.63, 3.8) is 0 Å². The van der Waals surface area contributed by atoms with Gasteiger partial charge in [-0.15, -0.1) is 0 Å². The van der Waals surface area contributed by atoms with Crippen molar-refractivity contribution in [3.05, 3.63) is 58.3 Å². The van der Waals surface area contributed by atoms with Crippen LogP contribution in [0.2, 0.25) is 0 Å². The maximum absolute atomic E-state index is 12.6. The molecule has 1 atom stereocenters. The first-order valence-corrected chi connectivity index (χ1v) is 9.15. The van der Waals surface area contributed by atoms with Gasteiger partial charge in [0, 0.05) is 35.5 Å². The molecule has 0 saturated carbocycles. The SMILES string of the molecule is CC(C(=O)Nc1onc2c1CSC2)n1nc(-c2cccnc2)ccc1=O. The lowest BCUT2D eigenvalue weighted by molar-refractivity contribution is -0.119. The summed E-state index contributed by atoms with van der Waals surface area (Å²) >= 11 is 1.71. The number of nitrogens with zero attached hydrogens (tertiary/aromatic N) is 4. The second-order valence-electron chi connectivity index (χ2n) is 5.84. The molecule has 1 amide bonds. The van der Waals surface area contributed by atoms with E-state index in [1.54, 1.807) is 43.2 Å². The largest absolute Gasteiger partial charge is 0.338 e. The van der Waals surface area contributed by atoms with Crippen molar-refractivity contribution >= 4 is 23.6 Å². The van der Waals surface area contributed by atoms with Crippen LogP contribution in [0.4, 0.5) is 5.88 Å². The number of aromatic nitrogens is 4. The van der Waals surface area contributed by atoms with E-state index in [1.165, 1.54) is 6.07 Å². The molecule has 0 fully saturated rings. The molecule has 0 bridgehead atoms. The zero-order valence-corrected chi connectivity index (χ0v) is 14.7. The van der Waals surface area contributed by atoms with Crippen LogP contribution in [0.1, 0.15) is 24.2 Å². The number of fused-ring (bicyclic) bond motifs is 1. The minimum absolute atomic E-state index is 0.346. The summed E-state index contributed by atoms with van der Waals surface area (Å²) in [5.74, 6) is 1.48. The maximum Gasteiger partial charge on any atom is 0.267 e. The van der Waals surface area contributed by atoms with Crippen LogP contribution in [0.15, 0.2) is 46.0 Å². The summed E-state index contributed by atoms with van der Waals surface area (Å²) in [4.78, 5) is 28.8. The van der Waals surface area contributed by atoms with Gasteiger partial charge in [-0.1, -0.05) is 5.16 Å². The molecule has 26 heavy (non-hydrogen) atoms. The highest BCUT2D eigenvalue weighted by molar-refractivity contribution is 7.98. The molecule has 1 N–H and O–H groups in total. The molecular formula is C17H15N5O3S. The van der Waals surface area contributed by atoms with Crippen LogP contribution in [0.5, 0.6) is 0 Å². The van der Waals surface area contributed by atoms with Crippen molar-refractivity contribution in [2.75, 3.05) is 5.32 Å². The molecule has 132 valence electrons. The smallest absolute Gasteiger partial charge is 0.267 e. The van der Waals surface area contributed by atoms with Gasteiger partial charge in [-0.25, -0.2) is 4.68 Å². The number of nitrogens with one attached hydrogen (secondary N) is 1. The van der Waals surface area contributed by atoms with E-state index in [0.717, 1.165) is 33.0 Å². The normalized spacial score (nSPS) is 14.0. The van der Waals surface area contributed by atoms with Gasteiger partial charge in [0.15, 0.2) is 0 Å². The number of carbonyl (C=O) groups is 1. The van der Waals surface area contributed by atoms with Gasteiger partial charge in [-0.05, 0) is 25.1 Å². The quantitative estimate of drug-likeness (QED) is 0.752. The summed E-state index contributed by atoms with van der Waals surface area (Å²) in [6, 6.07) is 5.81. The number of pyridine rings is 1. The first-order valence-electron chi connectivity index (χ1n) is 8.00. The fraction of sp³-hybridized carbons (Fsp3) is 0.235. The molecular weight excluding hydrogens is 354 g/mol. The van der Waals surface area contributed by atoms with Gasteiger partial charge >= 0.3 is 0 Å². The molecule has 4 rings (SSSR count). The summed E-state index contributed by atoms with van der Waals surface area (Å²) in [6.07, 6.45) is 3.31. The molecule has 0 spiro atoms. The second kappa shape index (κ2) is 6.75. The van der Waals surface area contributed by atoms with Crippen LogP contribution < -0.4 is 10.9 Å². The molecule has 0 saturated heterocycles. The lowest BCUT2D eigenvalue weighted by Gasteiger charge is -2.14. The number of amides is 1. The van der Waals surface area contributed by atoms with Gasteiger partial charge in [0.25, 0.3) is 11.5 Å². The number of carbonyl (C=O) groups excluding carboxylic acids is 1. The zero-order valence-electron chi connectivity index (χ0n) is 13.9. The van der Waals surface area contributed by atoms with E-state index >= 15 is 0 Å². The standard InChI is InChI=1S/C17H15N5O3S/c1-10(16(24)19-17-12-8-26-9-14(12)21-25-17)22-15(23)5-4-13(20-22)11-3-2-6-18-7-11/h2-7,10H,8-9H2,1H3,(H,19,24). The Bertz CT molecular complexity index is 1010. The van der Waals surface area contributed by atoms with Crippen molar-refractivity contribution in [2.45, 2.75) is 24.5 Å². The van der Waals surface area contributed by atoms with Gasteiger partial charge in [-0.3, -0.25) is 19.9 Å². The highest BCUT2D eigenvalue weighted by atomic mass is 32.2. The number of hydrogen-bond donors (Lipinski definition) is 1. The Morgan fingerprint density at radius 2 is 2.23 bits per heavy atom. The molecule has 1 unspecified atom stereocenters. The van der Waals surface area contributed by atoms with E-state index in [9.17, 15) is 9.59 Å². The summed E-state index contributed by atoms with van der Waals surface area (Å²) in [5.41, 5.74) is 2.72. The van der Waals surface area contributed by atoms with Crippen molar-refractivity contribution in [2.24, 2.45) is 0 Å². The zero-order chi connectivity index (χ0) is 18.1. The van der Waals surface area contributed by atoms with Crippen LogP contribution >= 0.6 is 11.8 Å². The van der Waals surface area contributed by atoms with Gasteiger partial charge in [0.1, 0.15) is 6.04 Å². The maximum atomic E-state index is 12.6. The van der Waals surface area contributed by atoms with Gasteiger partial charge < -0.3 is 4.52 Å². The van der Waals surface area contributed by atoms with E-state index in [0.29, 0.717) is 11.6 Å². The Kier molecular flexibility index (Phi) is 4.29. The molecule has 1 aliphatic rings. The summed E-state index contributed by atoms with van der Waals surface area (Å²) < 4.78 is 6.36. The number of thioether (sulfide) groups is 1. The summed E-state index contributed by atoms with van der Waals surface area (Å²) in [7, 11) is 0. The Balaban J connectivity index is 1.60. The monoisotopic (exact) mass is 369 g/mol. The van der Waals surface area contributed by atoms with Gasteiger partial charge in [-0.2, -0.15) is 16.9 Å². The Labute approximate surface area is 152 Å². The molecule has 4 heterocycles. The average molecular weight is 369 g/mol. The van der Waals surface area contributed by atoms with Crippen molar-refractivity contribution < 1.29 is 9.32 Å². The van der Waals surface area contributed by atoms with Crippen LogP contribution in [0.3, 0.4) is 0 Å². The van der Waals surface area contributed by atoms with Crippen molar-refractivity contribution in [1.29, 1.82) is 0 Å². The number of rotatable bonds is 4. The van der Waals surface area contributed by atoms with Crippen molar-refractivity contribution in [3.8, 4) is 11.3 Å². The summed E-state index contributed by atoms with van der Waals surface area (Å²) in [5, 5.41) is 11.0. The van der Waals surface area contributed by atoms with Crippen LogP contribution in [-0.4, -0.2) is 25.8 Å². The predicted octanol–water partition coefficient (Wildman–Crippen LogP) is 2.24. The Morgan fingerprint density at radius 3 is 3.04 bits per heavy atom. The first kappa shape index (κ1) is 16.5. The highest BCUT2D eigenvalue weighted by Crippen LogP contribution is 2.34. The molecule has 0 aromatic carbocycles. The van der Waals surface area contributed by atoms with E-state index in [1.807, 2.05) is 6.07 Å². The minimum atomic E-state index is -0.811. The van der Waals surface area contributed by atoms with Crippen molar-refractivity contribution in [1.82, 2.24) is 19.9 Å². The molecule has 8 nitrogen and oxygen atoms in total. The third kappa shape index (κ3) is 3.01. The van der Waals surface area contributed by atoms with E-state index in [-0.39, 0.29) is 5.56 Å². The lowest BCUT2D eigenvalue weighted by Crippen LogP contribution is -2.33. The summed E-state index contributed by atoms with van der Waals surface area (Å²) in [6.45, 7) is 1.61. The number of hydrogen-bond acceptors (Lipinski definition) is 7. The molecule has 0 aliphatic carbocycles. The average Bonchev–Trinajstić information content (AvgIpc) is 3.27. The Morgan fingerprint density at radius 1 is 1.35 bits per heavy atom.